The number of ether oxygens (including phenoxy) is 2. The molecule has 206 valence electrons. The maximum atomic E-state index is 12.7. The molecule has 1 saturated heterocycles. The summed E-state index contributed by atoms with van der Waals surface area (Å²) in [5.74, 6) is -4.86. The number of aliphatic hydroxyl groups excluding tert-OH is 4. The largest absolute Gasteiger partial charge is 0.481 e. The molecule has 1 fully saturated rings. The maximum Gasteiger partial charge on any atom is 0.303 e. The lowest BCUT2D eigenvalue weighted by molar-refractivity contribution is -0.266. The topological polar surface area (TPSA) is 267 Å². The number of carbonyl (C=O) groups excluding carboxylic acids is 4. The number of amides is 4. The van der Waals surface area contributed by atoms with Gasteiger partial charge in [-0.15, -0.1) is 0 Å². The predicted molar refractivity (Wildman–Crippen MR) is 118 cm³/mol. The van der Waals surface area contributed by atoms with Crippen molar-refractivity contribution in [1.82, 2.24) is 16.0 Å². The highest BCUT2D eigenvalue weighted by Crippen LogP contribution is 2.23. The monoisotopic (exact) mass is 522 g/mol. The van der Waals surface area contributed by atoms with E-state index in [4.69, 9.17) is 20.3 Å². The molecule has 4 amide bonds. The van der Waals surface area contributed by atoms with Crippen LogP contribution in [-0.4, -0.2) is 117 Å². The van der Waals surface area contributed by atoms with E-state index in [1.165, 1.54) is 13.8 Å². The molecular formula is C20H34N4O12. The molecule has 9 atom stereocenters. The first-order valence-electron chi connectivity index (χ1n) is 11.0. The van der Waals surface area contributed by atoms with Gasteiger partial charge in [0.25, 0.3) is 0 Å². The van der Waals surface area contributed by atoms with Crippen LogP contribution in [0, 0.1) is 0 Å². The minimum absolute atomic E-state index is 0.322. The highest BCUT2D eigenvalue weighted by molar-refractivity contribution is 5.93. The maximum absolute atomic E-state index is 12.7. The van der Waals surface area contributed by atoms with Crippen molar-refractivity contribution in [2.45, 2.75) is 88.5 Å². The van der Waals surface area contributed by atoms with Crippen molar-refractivity contribution in [2.24, 2.45) is 5.73 Å². The summed E-state index contributed by atoms with van der Waals surface area (Å²) in [7, 11) is 0. The second-order valence-corrected chi connectivity index (χ2v) is 8.33. The zero-order chi connectivity index (χ0) is 27.7. The van der Waals surface area contributed by atoms with Crippen molar-refractivity contribution < 1.29 is 59.0 Å². The summed E-state index contributed by atoms with van der Waals surface area (Å²) in [4.78, 5) is 59.1. The average Bonchev–Trinajstić information content (AvgIpc) is 2.77. The quantitative estimate of drug-likeness (QED) is 0.110. The van der Waals surface area contributed by atoms with Crippen molar-refractivity contribution in [3.05, 3.63) is 0 Å². The molecule has 0 radical (unpaired) electrons. The molecule has 1 aliphatic rings. The molecule has 2 unspecified atom stereocenters. The normalized spacial score (nSPS) is 27.1. The van der Waals surface area contributed by atoms with Crippen molar-refractivity contribution in [3.63, 3.8) is 0 Å². The summed E-state index contributed by atoms with van der Waals surface area (Å²) < 4.78 is 10.6. The fourth-order valence-electron chi connectivity index (χ4n) is 3.42. The Hall–Kier alpha value is -2.89. The van der Waals surface area contributed by atoms with E-state index in [1.54, 1.807) is 0 Å². The van der Waals surface area contributed by atoms with Gasteiger partial charge in [-0.3, -0.25) is 24.0 Å². The smallest absolute Gasteiger partial charge is 0.303 e. The molecule has 16 nitrogen and oxygen atoms in total. The Labute approximate surface area is 206 Å². The number of rotatable bonds is 13. The van der Waals surface area contributed by atoms with Gasteiger partial charge >= 0.3 is 5.97 Å². The third-order valence-electron chi connectivity index (χ3n) is 5.34. The third kappa shape index (κ3) is 8.96. The van der Waals surface area contributed by atoms with Crippen LogP contribution in [0.2, 0.25) is 0 Å². The van der Waals surface area contributed by atoms with Gasteiger partial charge in [-0.25, -0.2) is 0 Å². The standard InChI is InChI=1S/C20H34N4O12/c1-7(26)13(19(33)23-10(17(21)31)4-5-12(28)29)24-18(32)8(2)35-16-14(22-9(3)27)20(34)36-11(6-25)15(16)30/h7-8,10-11,13-16,20,25-26,30,34H,4-6H2,1-3H3,(H2,21,31)(H,22,27)(H,23,33)(H,24,32)(H,28,29)/t7?,8-,10-,11-,13+,14-,15-,16-,20?/m1/s1. The van der Waals surface area contributed by atoms with Crippen LogP contribution in [0.25, 0.3) is 0 Å². The van der Waals surface area contributed by atoms with E-state index in [0.29, 0.717) is 0 Å². The summed E-state index contributed by atoms with van der Waals surface area (Å²) in [5, 5.41) is 55.5. The first-order valence-corrected chi connectivity index (χ1v) is 11.0. The Kier molecular flexibility index (Phi) is 12.1. The van der Waals surface area contributed by atoms with Crippen molar-refractivity contribution in [2.75, 3.05) is 6.61 Å². The van der Waals surface area contributed by atoms with Gasteiger partial charge in [0.2, 0.25) is 23.6 Å². The molecule has 1 heterocycles. The predicted octanol–water partition coefficient (Wildman–Crippen LogP) is -4.96. The van der Waals surface area contributed by atoms with E-state index in [-0.39, 0.29) is 6.42 Å². The van der Waals surface area contributed by atoms with E-state index >= 15 is 0 Å². The third-order valence-corrected chi connectivity index (χ3v) is 5.34. The van der Waals surface area contributed by atoms with Gasteiger partial charge in [0.15, 0.2) is 6.29 Å². The number of aliphatic carboxylic acids is 1. The lowest BCUT2D eigenvalue weighted by Gasteiger charge is -2.43. The molecule has 0 saturated carbocycles. The zero-order valence-corrected chi connectivity index (χ0v) is 20.0. The zero-order valence-electron chi connectivity index (χ0n) is 20.0. The molecule has 10 N–H and O–H groups in total. The summed E-state index contributed by atoms with van der Waals surface area (Å²) in [6.07, 6.45) is -9.70. The summed E-state index contributed by atoms with van der Waals surface area (Å²) in [6.45, 7) is 2.81. The van der Waals surface area contributed by atoms with Gasteiger partial charge in [-0.05, 0) is 20.3 Å². The number of hydrogen-bond donors (Lipinski definition) is 9. The molecule has 0 aromatic rings. The van der Waals surface area contributed by atoms with Gasteiger partial charge in [0.1, 0.15) is 42.5 Å². The number of primary amides is 1. The molecule has 0 bridgehead atoms. The number of hydrogen-bond acceptors (Lipinski definition) is 11. The first kappa shape index (κ1) is 31.1. The molecule has 36 heavy (non-hydrogen) atoms. The van der Waals surface area contributed by atoms with Gasteiger partial charge in [0.05, 0.1) is 12.7 Å². The number of nitrogens with two attached hydrogens (primary N) is 1. The first-order chi connectivity index (χ1) is 16.7. The van der Waals surface area contributed by atoms with E-state index in [2.05, 4.69) is 16.0 Å². The van der Waals surface area contributed by atoms with Crippen LogP contribution in [0.3, 0.4) is 0 Å². The highest BCUT2D eigenvalue weighted by atomic mass is 16.6. The number of carboxylic acids is 1. The van der Waals surface area contributed by atoms with Crippen molar-refractivity contribution >= 4 is 29.6 Å². The summed E-state index contributed by atoms with van der Waals surface area (Å²) in [6, 6.07) is -4.32. The van der Waals surface area contributed by atoms with E-state index in [1.807, 2.05) is 0 Å². The highest BCUT2D eigenvalue weighted by Gasteiger charge is 2.47. The lowest BCUT2D eigenvalue weighted by Crippen LogP contribution is -2.66. The minimum Gasteiger partial charge on any atom is -0.481 e. The average molecular weight is 523 g/mol. The summed E-state index contributed by atoms with van der Waals surface area (Å²) in [5.41, 5.74) is 5.18. The molecule has 16 heteroatoms. The van der Waals surface area contributed by atoms with E-state index < -0.39 is 97.6 Å². The molecule has 1 aliphatic heterocycles. The Bertz CT molecular complexity index is 810. The van der Waals surface area contributed by atoms with Gasteiger partial charge < -0.3 is 56.7 Å². The Balaban J connectivity index is 2.96. The minimum atomic E-state index is -1.69. The number of nitrogens with one attached hydrogen (secondary N) is 3. The van der Waals surface area contributed by atoms with Crippen molar-refractivity contribution in [1.29, 1.82) is 0 Å². The Morgan fingerprint density at radius 3 is 2.17 bits per heavy atom. The fourth-order valence-corrected chi connectivity index (χ4v) is 3.42. The van der Waals surface area contributed by atoms with E-state index in [9.17, 15) is 44.4 Å². The van der Waals surface area contributed by atoms with Crippen LogP contribution in [-0.2, 0) is 33.4 Å². The SMILES string of the molecule is CC(=O)N[C@H]1C(O)O[C@H](CO)[C@@H](O)[C@@H]1O[C@H](C)C(=O)N[C@H](C(=O)N[C@H](CCC(=O)O)C(N)=O)C(C)O. The summed E-state index contributed by atoms with van der Waals surface area (Å²) >= 11 is 0. The van der Waals surface area contributed by atoms with Crippen LogP contribution < -0.4 is 21.7 Å². The molecule has 0 spiro atoms. The van der Waals surface area contributed by atoms with Crippen LogP contribution in [0.15, 0.2) is 0 Å². The van der Waals surface area contributed by atoms with E-state index in [0.717, 1.165) is 6.92 Å². The van der Waals surface area contributed by atoms with Crippen molar-refractivity contribution in [3.8, 4) is 0 Å². The second-order valence-electron chi connectivity index (χ2n) is 8.33. The Morgan fingerprint density at radius 2 is 1.69 bits per heavy atom. The van der Waals surface area contributed by atoms with Crippen LogP contribution in [0.1, 0.15) is 33.6 Å². The molecular weight excluding hydrogens is 488 g/mol. The fraction of sp³-hybridized carbons (Fsp3) is 0.750. The number of aliphatic hydroxyl groups is 4. The second kappa shape index (κ2) is 14.0. The lowest BCUT2D eigenvalue weighted by atomic mass is 9.96. The number of carboxylic acid groups (broad SMARTS) is 1. The van der Waals surface area contributed by atoms with Crippen LogP contribution in [0.5, 0.6) is 0 Å². The van der Waals surface area contributed by atoms with Crippen LogP contribution >= 0.6 is 0 Å². The Morgan fingerprint density at radius 1 is 1.08 bits per heavy atom. The number of carbonyl (C=O) groups is 5. The molecule has 0 aromatic carbocycles. The molecule has 1 rings (SSSR count). The van der Waals surface area contributed by atoms with Gasteiger partial charge in [0, 0.05) is 13.3 Å². The van der Waals surface area contributed by atoms with Crippen LogP contribution in [0.4, 0.5) is 0 Å². The molecule has 0 aromatic heterocycles. The van der Waals surface area contributed by atoms with Gasteiger partial charge in [-0.2, -0.15) is 0 Å². The molecule has 0 aliphatic carbocycles. The van der Waals surface area contributed by atoms with Gasteiger partial charge in [-0.1, -0.05) is 0 Å².